The molecule has 1 amide bonds. The number of piperidine rings is 1. The topological polar surface area (TPSA) is 53.1 Å². The molecule has 2 aromatic rings. The van der Waals surface area contributed by atoms with Crippen LogP contribution in [0.4, 0.5) is 10.1 Å². The average molecular weight is 438 g/mol. The van der Waals surface area contributed by atoms with Gasteiger partial charge in [0.1, 0.15) is 12.4 Å². The number of para-hydroxylation sites is 2. The number of esters is 1. The molecule has 7 heteroatoms. The van der Waals surface area contributed by atoms with Gasteiger partial charge >= 0.3 is 5.97 Å². The molecular formula is C25H28FN3O3. The minimum Gasteiger partial charge on any atom is -0.423 e. The molecule has 0 aliphatic carbocycles. The van der Waals surface area contributed by atoms with E-state index >= 15 is 0 Å². The van der Waals surface area contributed by atoms with Crippen molar-refractivity contribution < 1.29 is 18.7 Å². The van der Waals surface area contributed by atoms with Crippen molar-refractivity contribution in [1.29, 1.82) is 0 Å². The van der Waals surface area contributed by atoms with Crippen LogP contribution in [0.3, 0.4) is 0 Å². The Kier molecular flexibility index (Phi) is 5.59. The van der Waals surface area contributed by atoms with Crippen molar-refractivity contribution in [3.05, 3.63) is 59.9 Å². The highest BCUT2D eigenvalue weighted by molar-refractivity contribution is 5.89. The van der Waals surface area contributed by atoms with E-state index in [1.54, 1.807) is 6.07 Å². The lowest BCUT2D eigenvalue weighted by atomic mass is 9.79. The Morgan fingerprint density at radius 2 is 1.84 bits per heavy atom. The number of benzene rings is 2. The van der Waals surface area contributed by atoms with Crippen LogP contribution >= 0.6 is 0 Å². The first-order valence-corrected chi connectivity index (χ1v) is 11.3. The molecule has 2 saturated heterocycles. The number of ether oxygens (including phenoxy) is 1. The van der Waals surface area contributed by atoms with Gasteiger partial charge in [0.05, 0.1) is 12.2 Å². The molecule has 1 spiro atoms. The van der Waals surface area contributed by atoms with Gasteiger partial charge in [-0.05, 0) is 55.6 Å². The molecule has 0 aromatic heterocycles. The minimum atomic E-state index is -0.335. The molecule has 3 aliphatic rings. The standard InChI is InChI=1S/C25H28FN3O3/c26-20-8-6-19(7-9-20)14-27-12-3-10-25(17-27)11-13-28(18-25)23(30)15-29-16-24(31)32-22-5-2-1-4-21(22)29/h1-2,4-9H,3,10-18H2/t25-/m0/s1. The second-order valence-electron chi connectivity index (χ2n) is 9.30. The number of anilines is 1. The van der Waals surface area contributed by atoms with E-state index in [0.29, 0.717) is 5.75 Å². The Morgan fingerprint density at radius 1 is 1.03 bits per heavy atom. The molecule has 0 bridgehead atoms. The maximum Gasteiger partial charge on any atom is 0.331 e. The van der Waals surface area contributed by atoms with Crippen molar-refractivity contribution in [3.8, 4) is 5.75 Å². The van der Waals surface area contributed by atoms with Crippen molar-refractivity contribution in [2.75, 3.05) is 44.2 Å². The first-order valence-electron chi connectivity index (χ1n) is 11.3. The summed E-state index contributed by atoms with van der Waals surface area (Å²) in [5.74, 6) is 0.0247. The van der Waals surface area contributed by atoms with Gasteiger partial charge in [0, 0.05) is 31.6 Å². The normalized spacial score (nSPS) is 23.3. The monoisotopic (exact) mass is 437 g/mol. The molecule has 0 N–H and O–H groups in total. The maximum absolute atomic E-state index is 13.2. The van der Waals surface area contributed by atoms with Crippen molar-refractivity contribution >= 4 is 17.6 Å². The minimum absolute atomic E-state index is 0.0574. The number of likely N-dealkylation sites (tertiary alicyclic amines) is 2. The molecule has 0 saturated carbocycles. The maximum atomic E-state index is 13.2. The number of nitrogens with zero attached hydrogens (tertiary/aromatic N) is 3. The lowest BCUT2D eigenvalue weighted by Crippen LogP contribution is -2.47. The number of hydrogen-bond acceptors (Lipinski definition) is 5. The third-order valence-corrected chi connectivity index (χ3v) is 6.93. The van der Waals surface area contributed by atoms with E-state index in [0.717, 1.165) is 63.2 Å². The van der Waals surface area contributed by atoms with Crippen LogP contribution in [-0.2, 0) is 16.1 Å². The zero-order chi connectivity index (χ0) is 22.1. The van der Waals surface area contributed by atoms with Gasteiger partial charge in [-0.25, -0.2) is 9.18 Å². The number of halogens is 1. The van der Waals surface area contributed by atoms with E-state index < -0.39 is 0 Å². The number of carbonyl (C=O) groups excluding carboxylic acids is 2. The van der Waals surface area contributed by atoms with E-state index in [-0.39, 0.29) is 36.2 Å². The predicted molar refractivity (Wildman–Crippen MR) is 119 cm³/mol. The highest BCUT2D eigenvalue weighted by Crippen LogP contribution is 2.40. The summed E-state index contributed by atoms with van der Waals surface area (Å²) >= 11 is 0. The fourth-order valence-corrected chi connectivity index (χ4v) is 5.38. The largest absolute Gasteiger partial charge is 0.423 e. The molecule has 0 unspecified atom stereocenters. The van der Waals surface area contributed by atoms with Crippen LogP contribution in [0.15, 0.2) is 48.5 Å². The van der Waals surface area contributed by atoms with Crippen LogP contribution < -0.4 is 9.64 Å². The van der Waals surface area contributed by atoms with Gasteiger partial charge in [-0.2, -0.15) is 0 Å². The smallest absolute Gasteiger partial charge is 0.331 e. The molecule has 3 heterocycles. The quantitative estimate of drug-likeness (QED) is 0.544. The summed E-state index contributed by atoms with van der Waals surface area (Å²) in [7, 11) is 0. The number of hydrogen-bond donors (Lipinski definition) is 0. The van der Waals surface area contributed by atoms with E-state index in [4.69, 9.17) is 4.74 Å². The molecule has 168 valence electrons. The number of rotatable bonds is 4. The van der Waals surface area contributed by atoms with Crippen LogP contribution in [-0.4, -0.2) is 60.9 Å². The summed E-state index contributed by atoms with van der Waals surface area (Å²) in [5, 5.41) is 0. The fraction of sp³-hybridized carbons (Fsp3) is 0.440. The summed E-state index contributed by atoms with van der Waals surface area (Å²) in [6, 6.07) is 14.1. The van der Waals surface area contributed by atoms with Crippen LogP contribution in [0.5, 0.6) is 5.75 Å². The van der Waals surface area contributed by atoms with E-state index in [1.165, 1.54) is 12.1 Å². The van der Waals surface area contributed by atoms with Gasteiger partial charge in [0.15, 0.2) is 5.75 Å². The first-order chi connectivity index (χ1) is 15.5. The predicted octanol–water partition coefficient (Wildman–Crippen LogP) is 3.07. The van der Waals surface area contributed by atoms with Gasteiger partial charge in [-0.1, -0.05) is 24.3 Å². The highest BCUT2D eigenvalue weighted by atomic mass is 19.1. The summed E-state index contributed by atoms with van der Waals surface area (Å²) in [6.45, 7) is 4.57. The van der Waals surface area contributed by atoms with Gasteiger partial charge in [0.2, 0.25) is 5.91 Å². The second kappa shape index (κ2) is 8.54. The summed E-state index contributed by atoms with van der Waals surface area (Å²) in [5.41, 5.74) is 2.02. The van der Waals surface area contributed by atoms with Crippen LogP contribution in [0, 0.1) is 11.2 Å². The Hall–Kier alpha value is -2.93. The summed E-state index contributed by atoms with van der Waals surface area (Å²) in [4.78, 5) is 31.3. The van der Waals surface area contributed by atoms with Gasteiger partial charge in [-0.15, -0.1) is 0 Å². The Morgan fingerprint density at radius 3 is 2.69 bits per heavy atom. The number of amides is 1. The third-order valence-electron chi connectivity index (χ3n) is 6.93. The molecule has 6 nitrogen and oxygen atoms in total. The van der Waals surface area contributed by atoms with Crippen LogP contribution in [0.1, 0.15) is 24.8 Å². The molecule has 1 atom stereocenters. The van der Waals surface area contributed by atoms with E-state index in [2.05, 4.69) is 4.90 Å². The molecule has 5 rings (SSSR count). The second-order valence-corrected chi connectivity index (χ2v) is 9.30. The van der Waals surface area contributed by atoms with Crippen molar-refractivity contribution in [3.63, 3.8) is 0 Å². The summed E-state index contributed by atoms with van der Waals surface area (Å²) < 4.78 is 18.5. The number of carbonyl (C=O) groups is 2. The number of fused-ring (bicyclic) bond motifs is 1. The molecule has 32 heavy (non-hydrogen) atoms. The molecule has 2 aromatic carbocycles. The zero-order valence-corrected chi connectivity index (χ0v) is 18.1. The van der Waals surface area contributed by atoms with Crippen molar-refractivity contribution in [2.45, 2.75) is 25.8 Å². The van der Waals surface area contributed by atoms with Crippen molar-refractivity contribution in [2.24, 2.45) is 5.41 Å². The first kappa shape index (κ1) is 20.9. The molecule has 2 fully saturated rings. The average Bonchev–Trinajstić information content (AvgIpc) is 3.18. The molecule has 0 radical (unpaired) electrons. The summed E-state index contributed by atoms with van der Waals surface area (Å²) in [6.07, 6.45) is 3.22. The van der Waals surface area contributed by atoms with Crippen molar-refractivity contribution in [1.82, 2.24) is 9.80 Å². The van der Waals surface area contributed by atoms with Crippen LogP contribution in [0.2, 0.25) is 0 Å². The zero-order valence-electron chi connectivity index (χ0n) is 18.1. The Bertz CT molecular complexity index is 1010. The van der Waals surface area contributed by atoms with Gasteiger partial charge in [-0.3, -0.25) is 9.69 Å². The lowest BCUT2D eigenvalue weighted by molar-refractivity contribution is -0.133. The van der Waals surface area contributed by atoms with Crippen LogP contribution in [0.25, 0.3) is 0 Å². The molecular weight excluding hydrogens is 409 g/mol. The van der Waals surface area contributed by atoms with Gasteiger partial charge < -0.3 is 14.5 Å². The Balaban J connectivity index is 1.21. The molecule has 3 aliphatic heterocycles. The van der Waals surface area contributed by atoms with Gasteiger partial charge in [0.25, 0.3) is 0 Å². The van der Waals surface area contributed by atoms with E-state index in [9.17, 15) is 14.0 Å². The Labute approximate surface area is 187 Å². The lowest BCUT2D eigenvalue weighted by Gasteiger charge is -2.40. The highest BCUT2D eigenvalue weighted by Gasteiger charge is 2.43. The SMILES string of the molecule is O=C1CN(CC(=O)N2CC[C@]3(CCCN(Cc4ccc(F)cc4)C3)C2)c2ccccc2O1. The van der Waals surface area contributed by atoms with E-state index in [1.807, 2.05) is 40.1 Å². The third kappa shape index (κ3) is 4.35. The fourth-order valence-electron chi connectivity index (χ4n) is 5.38.